The number of aliphatic hydroxyl groups excluding tert-OH is 1. The summed E-state index contributed by atoms with van der Waals surface area (Å²) >= 11 is 0. The summed E-state index contributed by atoms with van der Waals surface area (Å²) < 4.78 is 5.49. The molecule has 118 valence electrons. The molecular formula is C15H25N3O3. The molecule has 0 spiro atoms. The standard InChI is InChI=1S/C15H25N3O3/c1-11-6-3-4-8-14(12(2)10-17-18-16)21-15(20)9-5-7-13(11)19/h3-4,11-14,19H,5-10H2,1-2H3/t11-,12-,13-,14+/m0/s1. The number of cyclic esters (lactones) is 1. The monoisotopic (exact) mass is 295 g/mol. The van der Waals surface area contributed by atoms with Crippen LogP contribution < -0.4 is 0 Å². The van der Waals surface area contributed by atoms with Gasteiger partial charge in [0.25, 0.3) is 0 Å². The van der Waals surface area contributed by atoms with Gasteiger partial charge in [-0.2, -0.15) is 0 Å². The molecular weight excluding hydrogens is 270 g/mol. The van der Waals surface area contributed by atoms with Gasteiger partial charge >= 0.3 is 5.97 Å². The Bertz CT molecular complexity index is 405. The molecule has 4 atom stereocenters. The van der Waals surface area contributed by atoms with Crippen LogP contribution in [-0.4, -0.2) is 29.8 Å². The fraction of sp³-hybridized carbons (Fsp3) is 0.800. The molecule has 0 radical (unpaired) electrons. The Morgan fingerprint density at radius 1 is 1.52 bits per heavy atom. The molecule has 0 amide bonds. The molecule has 1 aliphatic heterocycles. The highest BCUT2D eigenvalue weighted by Crippen LogP contribution is 2.19. The summed E-state index contributed by atoms with van der Waals surface area (Å²) in [7, 11) is 0. The quantitative estimate of drug-likeness (QED) is 0.284. The number of azide groups is 1. The number of hydrogen-bond donors (Lipinski definition) is 1. The maximum Gasteiger partial charge on any atom is 0.306 e. The van der Waals surface area contributed by atoms with E-state index in [1.807, 2.05) is 26.0 Å². The highest BCUT2D eigenvalue weighted by atomic mass is 16.5. The molecule has 0 aliphatic carbocycles. The molecule has 0 bridgehead atoms. The smallest absolute Gasteiger partial charge is 0.306 e. The molecule has 6 heteroatoms. The number of rotatable bonds is 3. The van der Waals surface area contributed by atoms with Crippen LogP contribution in [0.2, 0.25) is 0 Å². The maximum absolute atomic E-state index is 11.8. The van der Waals surface area contributed by atoms with Gasteiger partial charge in [0.15, 0.2) is 0 Å². The van der Waals surface area contributed by atoms with Crippen molar-refractivity contribution in [1.82, 2.24) is 0 Å². The van der Waals surface area contributed by atoms with Crippen LogP contribution in [0.1, 0.15) is 46.0 Å². The van der Waals surface area contributed by atoms with Gasteiger partial charge in [-0.25, -0.2) is 0 Å². The van der Waals surface area contributed by atoms with E-state index in [4.69, 9.17) is 10.3 Å². The lowest BCUT2D eigenvalue weighted by atomic mass is 9.95. The van der Waals surface area contributed by atoms with Crippen LogP contribution in [0.15, 0.2) is 17.3 Å². The molecule has 21 heavy (non-hydrogen) atoms. The van der Waals surface area contributed by atoms with Crippen molar-refractivity contribution < 1.29 is 14.6 Å². The average molecular weight is 295 g/mol. The summed E-state index contributed by atoms with van der Waals surface area (Å²) in [5.41, 5.74) is 8.38. The molecule has 1 N–H and O–H groups in total. The van der Waals surface area contributed by atoms with Crippen LogP contribution >= 0.6 is 0 Å². The van der Waals surface area contributed by atoms with Crippen molar-refractivity contribution in [1.29, 1.82) is 0 Å². The second-order valence-corrected chi connectivity index (χ2v) is 5.80. The first-order valence-corrected chi connectivity index (χ1v) is 7.58. The van der Waals surface area contributed by atoms with Crippen molar-refractivity contribution in [2.75, 3.05) is 6.54 Å². The summed E-state index contributed by atoms with van der Waals surface area (Å²) in [5, 5.41) is 13.5. The third-order valence-corrected chi connectivity index (χ3v) is 3.93. The minimum Gasteiger partial charge on any atom is -0.462 e. The molecule has 0 aromatic heterocycles. The first-order chi connectivity index (χ1) is 10.0. The van der Waals surface area contributed by atoms with Crippen LogP contribution in [0, 0.1) is 11.8 Å². The Morgan fingerprint density at radius 3 is 2.95 bits per heavy atom. The van der Waals surface area contributed by atoms with E-state index in [1.165, 1.54) is 0 Å². The second-order valence-electron chi connectivity index (χ2n) is 5.80. The van der Waals surface area contributed by atoms with Crippen LogP contribution in [-0.2, 0) is 9.53 Å². The predicted molar refractivity (Wildman–Crippen MR) is 80.5 cm³/mol. The van der Waals surface area contributed by atoms with Crippen molar-refractivity contribution in [3.63, 3.8) is 0 Å². The number of esters is 1. The molecule has 0 unspecified atom stereocenters. The zero-order valence-electron chi connectivity index (χ0n) is 12.8. The van der Waals surface area contributed by atoms with E-state index in [2.05, 4.69) is 10.0 Å². The number of ether oxygens (including phenoxy) is 1. The summed E-state index contributed by atoms with van der Waals surface area (Å²) in [5.74, 6) is -0.0715. The van der Waals surface area contributed by atoms with Crippen molar-refractivity contribution >= 4 is 5.97 Å². The number of carbonyl (C=O) groups excluding carboxylic acids is 1. The first kappa shape index (κ1) is 17.5. The zero-order chi connectivity index (χ0) is 15.7. The molecule has 0 aromatic rings. The van der Waals surface area contributed by atoms with Gasteiger partial charge in [0.2, 0.25) is 0 Å². The minimum absolute atomic E-state index is 0.0135. The van der Waals surface area contributed by atoms with Crippen LogP contribution in [0.25, 0.3) is 10.4 Å². The molecule has 6 nitrogen and oxygen atoms in total. The average Bonchev–Trinajstić information content (AvgIpc) is 2.46. The predicted octanol–water partition coefficient (Wildman–Crippen LogP) is 3.36. The molecule has 1 aliphatic rings. The number of allylic oxidation sites excluding steroid dienone is 1. The topological polar surface area (TPSA) is 95.3 Å². The van der Waals surface area contributed by atoms with Crippen molar-refractivity contribution in [3.05, 3.63) is 22.6 Å². The fourth-order valence-electron chi connectivity index (χ4n) is 2.35. The van der Waals surface area contributed by atoms with E-state index < -0.39 is 0 Å². The highest BCUT2D eigenvalue weighted by molar-refractivity contribution is 5.69. The van der Waals surface area contributed by atoms with E-state index in [1.54, 1.807) is 0 Å². The SMILES string of the molecule is C[C@H]1CC=CC[C@H]([C@@H](C)CN=[N+]=[N-])OC(=O)CCC[C@@H]1O. The van der Waals surface area contributed by atoms with Gasteiger partial charge in [0, 0.05) is 24.3 Å². The van der Waals surface area contributed by atoms with E-state index >= 15 is 0 Å². The lowest BCUT2D eigenvalue weighted by molar-refractivity contribution is -0.151. The Kier molecular flexibility index (Phi) is 7.87. The van der Waals surface area contributed by atoms with Gasteiger partial charge in [0.1, 0.15) is 6.10 Å². The molecule has 0 aromatic carbocycles. The number of carbonyl (C=O) groups is 1. The van der Waals surface area contributed by atoms with Crippen molar-refractivity contribution in [3.8, 4) is 0 Å². The minimum atomic E-state index is -0.374. The highest BCUT2D eigenvalue weighted by Gasteiger charge is 2.21. The zero-order valence-corrected chi connectivity index (χ0v) is 12.8. The third-order valence-electron chi connectivity index (χ3n) is 3.93. The van der Waals surface area contributed by atoms with Crippen LogP contribution in [0.4, 0.5) is 0 Å². The fourth-order valence-corrected chi connectivity index (χ4v) is 2.35. The van der Waals surface area contributed by atoms with Gasteiger partial charge in [-0.05, 0) is 36.6 Å². The van der Waals surface area contributed by atoms with E-state index in [-0.39, 0.29) is 30.0 Å². The van der Waals surface area contributed by atoms with Gasteiger partial charge in [-0.15, -0.1) is 0 Å². The van der Waals surface area contributed by atoms with Crippen molar-refractivity contribution in [2.45, 2.75) is 58.2 Å². The Morgan fingerprint density at radius 2 is 2.24 bits per heavy atom. The third kappa shape index (κ3) is 6.65. The largest absolute Gasteiger partial charge is 0.462 e. The molecule has 1 rings (SSSR count). The van der Waals surface area contributed by atoms with E-state index in [0.29, 0.717) is 32.2 Å². The van der Waals surface area contributed by atoms with E-state index in [0.717, 1.165) is 6.42 Å². The Balaban J connectivity index is 2.70. The number of nitrogens with zero attached hydrogens (tertiary/aromatic N) is 3. The number of hydrogen-bond acceptors (Lipinski definition) is 4. The van der Waals surface area contributed by atoms with Crippen molar-refractivity contribution in [2.24, 2.45) is 17.0 Å². The van der Waals surface area contributed by atoms with Crippen LogP contribution in [0.3, 0.4) is 0 Å². The van der Waals surface area contributed by atoms with Gasteiger partial charge in [-0.1, -0.05) is 31.1 Å². The second kappa shape index (κ2) is 9.42. The Hall–Kier alpha value is -1.52. The molecule has 0 saturated carbocycles. The normalized spacial score (nSPS) is 29.5. The maximum atomic E-state index is 11.8. The molecule has 0 fully saturated rings. The van der Waals surface area contributed by atoms with E-state index in [9.17, 15) is 9.90 Å². The first-order valence-electron chi connectivity index (χ1n) is 7.58. The van der Waals surface area contributed by atoms with Gasteiger partial charge < -0.3 is 9.84 Å². The summed E-state index contributed by atoms with van der Waals surface area (Å²) in [6, 6.07) is 0. The number of aliphatic hydroxyl groups is 1. The van der Waals surface area contributed by atoms with Gasteiger partial charge in [-0.3, -0.25) is 4.79 Å². The Labute approximate surface area is 125 Å². The molecule has 0 saturated heterocycles. The van der Waals surface area contributed by atoms with Crippen LogP contribution in [0.5, 0.6) is 0 Å². The lowest BCUT2D eigenvalue weighted by Gasteiger charge is -2.23. The summed E-state index contributed by atoms with van der Waals surface area (Å²) in [6.07, 6.45) is 6.35. The van der Waals surface area contributed by atoms with Gasteiger partial charge in [0.05, 0.1) is 6.10 Å². The lowest BCUT2D eigenvalue weighted by Crippen LogP contribution is -2.27. The summed E-state index contributed by atoms with van der Waals surface area (Å²) in [6.45, 7) is 4.25. The summed E-state index contributed by atoms with van der Waals surface area (Å²) in [4.78, 5) is 14.6. The molecule has 1 heterocycles.